The molecular formula is C16H19N3. The number of fused-ring (bicyclic) bond motifs is 1. The van der Waals surface area contributed by atoms with Crippen LogP contribution in [0.25, 0.3) is 0 Å². The molecule has 2 aromatic carbocycles. The summed E-state index contributed by atoms with van der Waals surface area (Å²) in [5.74, 6) is 0. The monoisotopic (exact) mass is 253 g/mol. The average Bonchev–Trinajstić information content (AvgIpc) is 2.84. The predicted molar refractivity (Wildman–Crippen MR) is 81.5 cm³/mol. The number of nitrogens with two attached hydrogens (primary N) is 1. The second-order valence-corrected chi connectivity index (χ2v) is 5.25. The molecule has 0 spiro atoms. The maximum Gasteiger partial charge on any atom is 0.0457 e. The fourth-order valence-electron chi connectivity index (χ4n) is 2.59. The van der Waals surface area contributed by atoms with E-state index < -0.39 is 0 Å². The maximum atomic E-state index is 6.04. The predicted octanol–water partition coefficient (Wildman–Crippen LogP) is 2.86. The van der Waals surface area contributed by atoms with Crippen LogP contribution in [0.2, 0.25) is 0 Å². The molecule has 98 valence electrons. The zero-order valence-corrected chi connectivity index (χ0v) is 11.4. The van der Waals surface area contributed by atoms with Crippen LogP contribution in [-0.2, 0) is 13.1 Å². The van der Waals surface area contributed by atoms with Crippen LogP contribution in [-0.4, -0.2) is 14.1 Å². The lowest BCUT2D eigenvalue weighted by Gasteiger charge is -2.19. The van der Waals surface area contributed by atoms with Crippen molar-refractivity contribution >= 4 is 17.1 Å². The van der Waals surface area contributed by atoms with E-state index in [-0.39, 0.29) is 0 Å². The number of nitrogen functional groups attached to an aromatic ring is 1. The van der Waals surface area contributed by atoms with Crippen molar-refractivity contribution in [1.82, 2.24) is 0 Å². The molecule has 2 N–H and O–H groups in total. The van der Waals surface area contributed by atoms with E-state index in [4.69, 9.17) is 5.73 Å². The third-order valence-corrected chi connectivity index (χ3v) is 3.75. The zero-order chi connectivity index (χ0) is 13.4. The lowest BCUT2D eigenvalue weighted by Crippen LogP contribution is -2.15. The van der Waals surface area contributed by atoms with Gasteiger partial charge in [0.2, 0.25) is 0 Å². The van der Waals surface area contributed by atoms with E-state index in [2.05, 4.69) is 54.2 Å². The van der Waals surface area contributed by atoms with Crippen molar-refractivity contribution in [3.05, 3.63) is 53.6 Å². The molecule has 0 aromatic heterocycles. The summed E-state index contributed by atoms with van der Waals surface area (Å²) in [5.41, 5.74) is 12.0. The van der Waals surface area contributed by atoms with Crippen molar-refractivity contribution in [2.45, 2.75) is 13.1 Å². The molecule has 0 amide bonds. The molecule has 0 fully saturated rings. The second kappa shape index (κ2) is 4.50. The summed E-state index contributed by atoms with van der Waals surface area (Å²) in [4.78, 5) is 4.47. The number of rotatable bonds is 2. The molecule has 0 radical (unpaired) electrons. The van der Waals surface area contributed by atoms with E-state index in [1.807, 2.05) is 12.1 Å². The number of hydrogen-bond acceptors (Lipinski definition) is 3. The Balaban J connectivity index is 1.85. The lowest BCUT2D eigenvalue weighted by atomic mass is 10.1. The summed E-state index contributed by atoms with van der Waals surface area (Å²) in [6.07, 6.45) is 0. The molecule has 3 heteroatoms. The van der Waals surface area contributed by atoms with Gasteiger partial charge in [-0.05, 0) is 41.5 Å². The summed E-state index contributed by atoms with van der Waals surface area (Å²) < 4.78 is 0. The SMILES string of the molecule is CN(C)c1ccc(N2Cc3cccc(N)c3C2)cc1. The number of hydrogen-bond donors (Lipinski definition) is 1. The largest absolute Gasteiger partial charge is 0.398 e. The minimum absolute atomic E-state index is 0.906. The van der Waals surface area contributed by atoms with Crippen molar-refractivity contribution in [3.63, 3.8) is 0 Å². The summed E-state index contributed by atoms with van der Waals surface area (Å²) in [5, 5.41) is 0. The molecule has 1 aliphatic rings. The minimum atomic E-state index is 0.906. The van der Waals surface area contributed by atoms with Crippen molar-refractivity contribution in [2.75, 3.05) is 29.6 Å². The molecule has 0 saturated carbocycles. The first-order valence-corrected chi connectivity index (χ1v) is 6.54. The van der Waals surface area contributed by atoms with Crippen LogP contribution in [0.3, 0.4) is 0 Å². The van der Waals surface area contributed by atoms with E-state index in [0.29, 0.717) is 0 Å². The van der Waals surface area contributed by atoms with Crippen LogP contribution in [0.15, 0.2) is 42.5 Å². The highest BCUT2D eigenvalue weighted by Crippen LogP contribution is 2.32. The van der Waals surface area contributed by atoms with E-state index in [1.54, 1.807) is 0 Å². The Morgan fingerprint density at radius 1 is 1.00 bits per heavy atom. The molecule has 0 saturated heterocycles. The molecule has 3 nitrogen and oxygen atoms in total. The van der Waals surface area contributed by atoms with Gasteiger partial charge in [-0.25, -0.2) is 0 Å². The molecule has 0 unspecified atom stereocenters. The third-order valence-electron chi connectivity index (χ3n) is 3.75. The highest BCUT2D eigenvalue weighted by Gasteiger charge is 2.20. The molecule has 0 atom stereocenters. The van der Waals surface area contributed by atoms with E-state index in [0.717, 1.165) is 18.8 Å². The van der Waals surface area contributed by atoms with Gasteiger partial charge in [-0.2, -0.15) is 0 Å². The van der Waals surface area contributed by atoms with Crippen molar-refractivity contribution in [1.29, 1.82) is 0 Å². The van der Waals surface area contributed by atoms with Gasteiger partial charge in [0.05, 0.1) is 0 Å². The summed E-state index contributed by atoms with van der Waals surface area (Å²) >= 11 is 0. The molecular weight excluding hydrogens is 234 g/mol. The first kappa shape index (κ1) is 11.9. The van der Waals surface area contributed by atoms with E-state index >= 15 is 0 Å². The Hall–Kier alpha value is -2.16. The van der Waals surface area contributed by atoms with Gasteiger partial charge in [-0.1, -0.05) is 12.1 Å². The molecule has 19 heavy (non-hydrogen) atoms. The highest BCUT2D eigenvalue weighted by atomic mass is 15.1. The van der Waals surface area contributed by atoms with Crippen molar-refractivity contribution in [3.8, 4) is 0 Å². The van der Waals surface area contributed by atoms with E-state index in [9.17, 15) is 0 Å². The van der Waals surface area contributed by atoms with Crippen LogP contribution in [0.5, 0.6) is 0 Å². The van der Waals surface area contributed by atoms with Crippen LogP contribution in [0, 0.1) is 0 Å². The van der Waals surface area contributed by atoms with Crippen LogP contribution < -0.4 is 15.5 Å². The molecule has 1 heterocycles. The average molecular weight is 253 g/mol. The normalized spacial score (nSPS) is 13.5. The third kappa shape index (κ3) is 2.12. The quantitative estimate of drug-likeness (QED) is 0.835. The molecule has 0 aliphatic carbocycles. The van der Waals surface area contributed by atoms with Gasteiger partial charge in [0.25, 0.3) is 0 Å². The maximum absolute atomic E-state index is 6.04. The van der Waals surface area contributed by atoms with Gasteiger partial charge in [0, 0.05) is 44.2 Å². The van der Waals surface area contributed by atoms with Crippen LogP contribution in [0.1, 0.15) is 11.1 Å². The van der Waals surface area contributed by atoms with Crippen molar-refractivity contribution < 1.29 is 0 Å². The Kier molecular flexibility index (Phi) is 2.82. The summed E-state index contributed by atoms with van der Waals surface area (Å²) in [6, 6.07) is 14.8. The summed E-state index contributed by atoms with van der Waals surface area (Å²) in [6.45, 7) is 1.85. The van der Waals surface area contributed by atoms with Gasteiger partial charge in [-0.15, -0.1) is 0 Å². The molecule has 1 aliphatic heterocycles. The van der Waals surface area contributed by atoms with E-state index in [1.165, 1.54) is 22.5 Å². The zero-order valence-electron chi connectivity index (χ0n) is 11.4. The molecule has 3 rings (SSSR count). The fourth-order valence-corrected chi connectivity index (χ4v) is 2.59. The molecule has 2 aromatic rings. The number of anilines is 3. The fraction of sp³-hybridized carbons (Fsp3) is 0.250. The Labute approximate surface area is 114 Å². The van der Waals surface area contributed by atoms with Gasteiger partial charge in [0.1, 0.15) is 0 Å². The second-order valence-electron chi connectivity index (χ2n) is 5.25. The topological polar surface area (TPSA) is 32.5 Å². The summed E-state index contributed by atoms with van der Waals surface area (Å²) in [7, 11) is 4.11. The van der Waals surface area contributed by atoms with Gasteiger partial charge in [-0.3, -0.25) is 0 Å². The Morgan fingerprint density at radius 2 is 1.74 bits per heavy atom. The standard InChI is InChI=1S/C16H19N3/c1-18(2)13-6-8-14(9-7-13)19-10-12-4-3-5-16(17)15(12)11-19/h3-9H,10-11,17H2,1-2H3. The molecule has 0 bridgehead atoms. The number of benzene rings is 2. The highest BCUT2D eigenvalue weighted by molar-refractivity contribution is 5.61. The first-order valence-electron chi connectivity index (χ1n) is 6.54. The first-order chi connectivity index (χ1) is 9.15. The smallest absolute Gasteiger partial charge is 0.0457 e. The van der Waals surface area contributed by atoms with Crippen molar-refractivity contribution in [2.24, 2.45) is 0 Å². The van der Waals surface area contributed by atoms with Gasteiger partial charge in [0.15, 0.2) is 0 Å². The van der Waals surface area contributed by atoms with Crippen LogP contribution in [0.4, 0.5) is 17.1 Å². The minimum Gasteiger partial charge on any atom is -0.398 e. The Morgan fingerprint density at radius 3 is 2.37 bits per heavy atom. The van der Waals surface area contributed by atoms with Gasteiger partial charge >= 0.3 is 0 Å². The number of nitrogens with zero attached hydrogens (tertiary/aromatic N) is 2. The van der Waals surface area contributed by atoms with Gasteiger partial charge < -0.3 is 15.5 Å². The Bertz CT molecular complexity index is 587. The van der Waals surface area contributed by atoms with Crippen LogP contribution >= 0.6 is 0 Å². The lowest BCUT2D eigenvalue weighted by molar-refractivity contribution is 0.881.